The van der Waals surface area contributed by atoms with E-state index < -0.39 is 5.97 Å². The van der Waals surface area contributed by atoms with Gasteiger partial charge in [-0.1, -0.05) is 18.2 Å². The van der Waals surface area contributed by atoms with Crippen LogP contribution >= 0.6 is 0 Å². The van der Waals surface area contributed by atoms with Crippen LogP contribution in [0, 0.1) is 6.92 Å². The molecule has 1 N–H and O–H groups in total. The van der Waals surface area contributed by atoms with Crippen LogP contribution in [0.3, 0.4) is 0 Å². The SMILES string of the molecule is Cc1ccccc1OCC(=O)N(CCC(=O)O)C1CC1. The summed E-state index contributed by atoms with van der Waals surface area (Å²) in [6.45, 7) is 2.14. The van der Waals surface area contributed by atoms with Gasteiger partial charge in [0.1, 0.15) is 5.75 Å². The number of carbonyl (C=O) groups excluding carboxylic acids is 1. The summed E-state index contributed by atoms with van der Waals surface area (Å²) in [6, 6.07) is 7.70. The molecule has 1 aliphatic carbocycles. The molecule has 5 nitrogen and oxygen atoms in total. The van der Waals surface area contributed by atoms with Gasteiger partial charge in [-0.3, -0.25) is 9.59 Å². The van der Waals surface area contributed by atoms with E-state index >= 15 is 0 Å². The van der Waals surface area contributed by atoms with Gasteiger partial charge in [0.25, 0.3) is 5.91 Å². The molecular weight excluding hydrogens is 258 g/mol. The second-order valence-corrected chi connectivity index (χ2v) is 5.02. The Morgan fingerprint density at radius 1 is 1.35 bits per heavy atom. The number of hydrogen-bond acceptors (Lipinski definition) is 3. The molecule has 0 aromatic heterocycles. The molecular formula is C15H19NO4. The van der Waals surface area contributed by atoms with Gasteiger partial charge in [0, 0.05) is 12.6 Å². The first-order chi connectivity index (χ1) is 9.58. The first kappa shape index (κ1) is 14.4. The summed E-state index contributed by atoms with van der Waals surface area (Å²) < 4.78 is 5.53. The van der Waals surface area contributed by atoms with Crippen molar-refractivity contribution >= 4 is 11.9 Å². The first-order valence-electron chi connectivity index (χ1n) is 6.77. The van der Waals surface area contributed by atoms with E-state index in [0.29, 0.717) is 5.75 Å². The molecule has 1 saturated carbocycles. The summed E-state index contributed by atoms with van der Waals surface area (Å²) in [7, 11) is 0. The fourth-order valence-corrected chi connectivity index (χ4v) is 2.05. The molecule has 2 rings (SSSR count). The summed E-state index contributed by atoms with van der Waals surface area (Å²) in [4.78, 5) is 24.4. The topological polar surface area (TPSA) is 66.8 Å². The van der Waals surface area contributed by atoms with Crippen LogP contribution in [-0.4, -0.2) is 41.1 Å². The maximum absolute atomic E-state index is 12.1. The Bertz CT molecular complexity index is 496. The Kier molecular flexibility index (Phi) is 4.61. The van der Waals surface area contributed by atoms with E-state index in [-0.39, 0.29) is 31.5 Å². The van der Waals surface area contributed by atoms with Crippen LogP contribution in [0.5, 0.6) is 5.75 Å². The summed E-state index contributed by atoms with van der Waals surface area (Å²) in [6.07, 6.45) is 1.89. The number of carboxylic acids is 1. The molecule has 0 radical (unpaired) electrons. The quantitative estimate of drug-likeness (QED) is 0.825. The van der Waals surface area contributed by atoms with Gasteiger partial charge >= 0.3 is 5.97 Å². The molecule has 0 saturated heterocycles. The molecule has 0 bridgehead atoms. The highest BCUT2D eigenvalue weighted by Gasteiger charge is 2.32. The molecule has 0 heterocycles. The van der Waals surface area contributed by atoms with Crippen molar-refractivity contribution in [3.05, 3.63) is 29.8 Å². The molecule has 108 valence electrons. The minimum absolute atomic E-state index is 0.0212. The summed E-state index contributed by atoms with van der Waals surface area (Å²) in [5.74, 6) is -0.338. The van der Waals surface area contributed by atoms with Gasteiger partial charge in [-0.05, 0) is 31.4 Å². The maximum atomic E-state index is 12.1. The van der Waals surface area contributed by atoms with Crippen LogP contribution in [0.2, 0.25) is 0 Å². The molecule has 1 fully saturated rings. The van der Waals surface area contributed by atoms with Gasteiger partial charge in [0.05, 0.1) is 6.42 Å². The van der Waals surface area contributed by atoms with Gasteiger partial charge < -0.3 is 14.7 Å². The molecule has 0 aliphatic heterocycles. The lowest BCUT2D eigenvalue weighted by Crippen LogP contribution is -2.38. The van der Waals surface area contributed by atoms with E-state index in [1.807, 2.05) is 31.2 Å². The first-order valence-corrected chi connectivity index (χ1v) is 6.77. The van der Waals surface area contributed by atoms with Crippen LogP contribution in [0.15, 0.2) is 24.3 Å². The van der Waals surface area contributed by atoms with Crippen molar-refractivity contribution in [3.63, 3.8) is 0 Å². The third kappa shape index (κ3) is 3.98. The average molecular weight is 277 g/mol. The highest BCUT2D eigenvalue weighted by Crippen LogP contribution is 2.27. The number of nitrogens with zero attached hydrogens (tertiary/aromatic N) is 1. The standard InChI is InChI=1S/C15H19NO4/c1-11-4-2-3-5-13(11)20-10-14(17)16(12-6-7-12)9-8-15(18)19/h2-5,12H,6-10H2,1H3,(H,18,19). The molecule has 1 aromatic carbocycles. The fourth-order valence-electron chi connectivity index (χ4n) is 2.05. The van der Waals surface area contributed by atoms with Crippen molar-refractivity contribution in [1.29, 1.82) is 0 Å². The van der Waals surface area contributed by atoms with Gasteiger partial charge in [-0.15, -0.1) is 0 Å². The van der Waals surface area contributed by atoms with Crippen LogP contribution in [0.4, 0.5) is 0 Å². The van der Waals surface area contributed by atoms with Crippen molar-refractivity contribution in [2.45, 2.75) is 32.2 Å². The van der Waals surface area contributed by atoms with Gasteiger partial charge in [0.15, 0.2) is 6.61 Å². The largest absolute Gasteiger partial charge is 0.484 e. The van der Waals surface area contributed by atoms with Crippen LogP contribution in [0.25, 0.3) is 0 Å². The number of para-hydroxylation sites is 1. The van der Waals surface area contributed by atoms with Gasteiger partial charge in [0.2, 0.25) is 0 Å². The van der Waals surface area contributed by atoms with E-state index in [1.165, 1.54) is 0 Å². The number of benzene rings is 1. The second-order valence-electron chi connectivity index (χ2n) is 5.02. The molecule has 0 spiro atoms. The number of hydrogen-bond donors (Lipinski definition) is 1. The molecule has 1 aliphatic rings. The van der Waals surface area contributed by atoms with Crippen molar-refractivity contribution in [1.82, 2.24) is 4.90 Å². The number of aliphatic carboxylic acids is 1. The van der Waals surface area contributed by atoms with Gasteiger partial charge in [-0.2, -0.15) is 0 Å². The maximum Gasteiger partial charge on any atom is 0.305 e. The molecule has 20 heavy (non-hydrogen) atoms. The smallest absolute Gasteiger partial charge is 0.305 e. The summed E-state index contributed by atoms with van der Waals surface area (Å²) in [5.41, 5.74) is 0.976. The van der Waals surface area contributed by atoms with E-state index in [0.717, 1.165) is 18.4 Å². The lowest BCUT2D eigenvalue weighted by atomic mass is 10.2. The Labute approximate surface area is 118 Å². The number of carbonyl (C=O) groups is 2. The number of ether oxygens (including phenoxy) is 1. The molecule has 1 aromatic rings. The van der Waals surface area contributed by atoms with E-state index in [2.05, 4.69) is 0 Å². The van der Waals surface area contributed by atoms with E-state index in [1.54, 1.807) is 4.90 Å². The van der Waals surface area contributed by atoms with Crippen molar-refractivity contribution < 1.29 is 19.4 Å². The van der Waals surface area contributed by atoms with Crippen LogP contribution < -0.4 is 4.74 Å². The zero-order chi connectivity index (χ0) is 14.5. The molecule has 1 amide bonds. The zero-order valence-electron chi connectivity index (χ0n) is 11.5. The van der Waals surface area contributed by atoms with Gasteiger partial charge in [-0.25, -0.2) is 0 Å². The Hall–Kier alpha value is -2.04. The van der Waals surface area contributed by atoms with E-state index in [4.69, 9.17) is 9.84 Å². The second kappa shape index (κ2) is 6.41. The predicted molar refractivity (Wildman–Crippen MR) is 73.7 cm³/mol. The average Bonchev–Trinajstić information content (AvgIpc) is 3.22. The summed E-state index contributed by atoms with van der Waals surface area (Å²) in [5, 5.41) is 8.72. The highest BCUT2D eigenvalue weighted by atomic mass is 16.5. The lowest BCUT2D eigenvalue weighted by Gasteiger charge is -2.21. The zero-order valence-corrected chi connectivity index (χ0v) is 11.5. The lowest BCUT2D eigenvalue weighted by molar-refractivity contribution is -0.139. The van der Waals surface area contributed by atoms with E-state index in [9.17, 15) is 9.59 Å². The number of carboxylic acid groups (broad SMARTS) is 1. The number of amides is 1. The minimum atomic E-state index is -0.886. The third-order valence-corrected chi connectivity index (χ3v) is 3.32. The molecule has 0 atom stereocenters. The van der Waals surface area contributed by atoms with Crippen molar-refractivity contribution in [2.24, 2.45) is 0 Å². The highest BCUT2D eigenvalue weighted by molar-refractivity contribution is 5.79. The Morgan fingerprint density at radius 2 is 2.05 bits per heavy atom. The Balaban J connectivity index is 1.88. The van der Waals surface area contributed by atoms with Crippen LogP contribution in [-0.2, 0) is 9.59 Å². The number of aryl methyl sites for hydroxylation is 1. The monoisotopic (exact) mass is 277 g/mol. The third-order valence-electron chi connectivity index (χ3n) is 3.32. The predicted octanol–water partition coefficient (Wildman–Crippen LogP) is 1.84. The van der Waals surface area contributed by atoms with Crippen molar-refractivity contribution in [2.75, 3.05) is 13.2 Å². The fraction of sp³-hybridized carbons (Fsp3) is 0.467. The normalized spacial score (nSPS) is 13.8. The van der Waals surface area contributed by atoms with Crippen LogP contribution in [0.1, 0.15) is 24.8 Å². The molecule has 5 heteroatoms. The van der Waals surface area contributed by atoms with Crippen molar-refractivity contribution in [3.8, 4) is 5.75 Å². The Morgan fingerprint density at radius 3 is 2.65 bits per heavy atom. The number of rotatable bonds is 7. The minimum Gasteiger partial charge on any atom is -0.484 e. The molecule has 0 unspecified atom stereocenters. The summed E-state index contributed by atoms with van der Waals surface area (Å²) >= 11 is 0.